The van der Waals surface area contributed by atoms with Gasteiger partial charge in [-0.15, -0.1) is 0 Å². The third-order valence-electron chi connectivity index (χ3n) is 5.11. The summed E-state index contributed by atoms with van der Waals surface area (Å²) in [5, 5.41) is 14.5. The molecular weight excluding hydrogens is 361 g/mol. The van der Waals surface area contributed by atoms with Crippen LogP contribution in [0.25, 0.3) is 0 Å². The molecule has 2 aliphatic rings. The van der Waals surface area contributed by atoms with Crippen molar-refractivity contribution in [1.82, 2.24) is 15.0 Å². The van der Waals surface area contributed by atoms with Gasteiger partial charge in [0.05, 0.1) is 12.1 Å². The number of aromatic nitrogens is 2. The maximum Gasteiger partial charge on any atom is 0.244 e. The highest BCUT2D eigenvalue weighted by molar-refractivity contribution is 6.31. The molecule has 2 aromatic rings. The van der Waals surface area contributed by atoms with Crippen molar-refractivity contribution in [3.05, 3.63) is 46.3 Å². The number of benzene rings is 1. The van der Waals surface area contributed by atoms with E-state index in [-0.39, 0.29) is 11.9 Å². The van der Waals surface area contributed by atoms with Crippen molar-refractivity contribution in [2.75, 3.05) is 19.8 Å². The second-order valence-corrected chi connectivity index (χ2v) is 7.31. The van der Waals surface area contributed by atoms with Gasteiger partial charge in [0.1, 0.15) is 5.82 Å². The lowest BCUT2D eigenvalue weighted by Crippen LogP contribution is -2.39. The van der Waals surface area contributed by atoms with Crippen molar-refractivity contribution in [3.63, 3.8) is 0 Å². The quantitative estimate of drug-likeness (QED) is 0.878. The molecule has 2 aliphatic heterocycles. The van der Waals surface area contributed by atoms with Gasteiger partial charge in [0.25, 0.3) is 0 Å². The van der Waals surface area contributed by atoms with Gasteiger partial charge in [0.15, 0.2) is 5.82 Å². The van der Waals surface area contributed by atoms with Crippen LogP contribution in [0, 0.1) is 5.82 Å². The van der Waals surface area contributed by atoms with Gasteiger partial charge < -0.3 is 14.4 Å². The Hall–Kier alpha value is -1.54. The molecule has 0 aliphatic carbocycles. The monoisotopic (exact) mass is 381 g/mol. The van der Waals surface area contributed by atoms with Crippen molar-refractivity contribution in [2.24, 2.45) is 0 Å². The Kier molecular flexibility index (Phi) is 5.22. The minimum Gasteiger partial charge on any atom is -0.392 e. The Balaban J connectivity index is 1.50. The summed E-state index contributed by atoms with van der Waals surface area (Å²) in [6.07, 6.45) is 2.43. The molecule has 6 nitrogen and oxygen atoms in total. The van der Waals surface area contributed by atoms with Gasteiger partial charge in [-0.1, -0.05) is 22.8 Å². The maximum absolute atomic E-state index is 13.2. The van der Waals surface area contributed by atoms with E-state index in [4.69, 9.17) is 20.9 Å². The summed E-state index contributed by atoms with van der Waals surface area (Å²) in [6.45, 7) is 2.08. The van der Waals surface area contributed by atoms with E-state index in [0.717, 1.165) is 31.6 Å². The number of hydrogen-bond donors (Lipinski definition) is 1. The molecule has 2 saturated heterocycles. The summed E-state index contributed by atoms with van der Waals surface area (Å²) in [5.74, 6) is 0.641. The maximum atomic E-state index is 13.2. The normalized spacial score (nSPS) is 25.0. The van der Waals surface area contributed by atoms with E-state index >= 15 is 0 Å². The molecule has 26 heavy (non-hydrogen) atoms. The zero-order valence-electron chi connectivity index (χ0n) is 14.3. The van der Waals surface area contributed by atoms with E-state index in [9.17, 15) is 9.50 Å². The fourth-order valence-corrected chi connectivity index (χ4v) is 4.05. The standard InChI is InChI=1S/C18H21ClFN3O3/c19-15-8-12(20)2-1-11(15)7-17-21-18(26-22-17)16-9-14(24)10-23(16)13-3-5-25-6-4-13/h1-2,8,13-14,16,24H,3-7,9-10H2. The van der Waals surface area contributed by atoms with Gasteiger partial charge in [-0.2, -0.15) is 4.98 Å². The Morgan fingerprint density at radius 3 is 2.88 bits per heavy atom. The second kappa shape index (κ2) is 7.60. The van der Waals surface area contributed by atoms with Crippen LogP contribution < -0.4 is 0 Å². The molecule has 1 N–H and O–H groups in total. The van der Waals surface area contributed by atoms with Crippen LogP contribution in [0.3, 0.4) is 0 Å². The number of hydrogen-bond acceptors (Lipinski definition) is 6. The van der Waals surface area contributed by atoms with Crippen molar-refractivity contribution in [3.8, 4) is 0 Å². The molecule has 0 radical (unpaired) electrons. The third kappa shape index (κ3) is 3.76. The van der Waals surface area contributed by atoms with Gasteiger partial charge in [-0.3, -0.25) is 4.90 Å². The van der Waals surface area contributed by atoms with E-state index in [1.807, 2.05) is 0 Å². The van der Waals surface area contributed by atoms with E-state index in [1.54, 1.807) is 6.07 Å². The molecule has 4 rings (SSSR count). The topological polar surface area (TPSA) is 71.6 Å². The van der Waals surface area contributed by atoms with Gasteiger partial charge >= 0.3 is 0 Å². The zero-order chi connectivity index (χ0) is 18.1. The van der Waals surface area contributed by atoms with Gasteiger partial charge in [-0.05, 0) is 37.0 Å². The molecule has 0 amide bonds. The van der Waals surface area contributed by atoms with Crippen LogP contribution in [-0.4, -0.2) is 52.1 Å². The molecule has 2 unspecified atom stereocenters. The smallest absolute Gasteiger partial charge is 0.244 e. The first-order valence-corrected chi connectivity index (χ1v) is 9.26. The van der Waals surface area contributed by atoms with E-state index in [2.05, 4.69) is 15.0 Å². The van der Waals surface area contributed by atoms with E-state index in [0.29, 0.717) is 42.2 Å². The lowest BCUT2D eigenvalue weighted by Gasteiger charge is -2.33. The first-order chi connectivity index (χ1) is 12.6. The molecule has 1 aromatic carbocycles. The van der Waals surface area contributed by atoms with Crippen LogP contribution >= 0.6 is 11.6 Å². The SMILES string of the molecule is OC1CC(c2nc(Cc3ccc(F)cc3Cl)no2)N(C2CCOCC2)C1. The Morgan fingerprint density at radius 2 is 2.12 bits per heavy atom. The van der Waals surface area contributed by atoms with Crippen molar-refractivity contribution in [2.45, 2.75) is 43.9 Å². The summed E-state index contributed by atoms with van der Waals surface area (Å²) < 4.78 is 24.1. The van der Waals surface area contributed by atoms with Crippen LogP contribution in [0.2, 0.25) is 5.02 Å². The number of ether oxygens (including phenoxy) is 1. The molecule has 140 valence electrons. The first kappa shape index (κ1) is 17.9. The Labute approximate surface area is 155 Å². The zero-order valence-corrected chi connectivity index (χ0v) is 15.0. The number of aliphatic hydroxyl groups excluding tert-OH is 1. The molecule has 8 heteroatoms. The fourth-order valence-electron chi connectivity index (χ4n) is 3.81. The number of β-amino-alcohol motifs (C(OH)–C–C–N with tert-alkyl or cyclic N) is 1. The Morgan fingerprint density at radius 1 is 1.31 bits per heavy atom. The average Bonchev–Trinajstić information content (AvgIpc) is 3.24. The highest BCUT2D eigenvalue weighted by Gasteiger charge is 2.40. The fraction of sp³-hybridized carbons (Fsp3) is 0.556. The van der Waals surface area contributed by atoms with Crippen molar-refractivity contribution >= 4 is 11.6 Å². The van der Waals surface area contributed by atoms with Crippen LogP contribution in [0.4, 0.5) is 4.39 Å². The summed E-state index contributed by atoms with van der Waals surface area (Å²) in [7, 11) is 0. The summed E-state index contributed by atoms with van der Waals surface area (Å²) in [6, 6.07) is 4.54. The number of likely N-dealkylation sites (tertiary alicyclic amines) is 1. The van der Waals surface area contributed by atoms with E-state index < -0.39 is 6.10 Å². The van der Waals surface area contributed by atoms with Gasteiger partial charge in [0.2, 0.25) is 5.89 Å². The molecule has 2 atom stereocenters. The van der Waals surface area contributed by atoms with E-state index in [1.165, 1.54) is 12.1 Å². The third-order valence-corrected chi connectivity index (χ3v) is 5.46. The first-order valence-electron chi connectivity index (χ1n) is 8.88. The summed E-state index contributed by atoms with van der Waals surface area (Å²) >= 11 is 6.08. The molecule has 3 heterocycles. The summed E-state index contributed by atoms with van der Waals surface area (Å²) in [5.41, 5.74) is 0.744. The van der Waals surface area contributed by atoms with Crippen LogP contribution in [0.5, 0.6) is 0 Å². The number of nitrogens with zero attached hydrogens (tertiary/aromatic N) is 3. The highest BCUT2D eigenvalue weighted by Crippen LogP contribution is 2.35. The minimum absolute atomic E-state index is 0.0851. The van der Waals surface area contributed by atoms with Gasteiger partial charge in [-0.25, -0.2) is 4.39 Å². The lowest BCUT2D eigenvalue weighted by atomic mass is 10.1. The molecule has 0 bridgehead atoms. The molecular formula is C18H21ClFN3O3. The number of rotatable bonds is 4. The lowest BCUT2D eigenvalue weighted by molar-refractivity contribution is 0.0214. The molecule has 1 aromatic heterocycles. The minimum atomic E-state index is -0.398. The van der Waals surface area contributed by atoms with Crippen LogP contribution in [0.15, 0.2) is 22.7 Å². The predicted molar refractivity (Wildman–Crippen MR) is 92.4 cm³/mol. The number of halogens is 2. The van der Waals surface area contributed by atoms with Crippen LogP contribution in [-0.2, 0) is 11.2 Å². The average molecular weight is 382 g/mol. The Bertz CT molecular complexity index is 766. The highest BCUT2D eigenvalue weighted by atomic mass is 35.5. The summed E-state index contributed by atoms with van der Waals surface area (Å²) in [4.78, 5) is 6.78. The molecule has 0 spiro atoms. The number of aliphatic hydroxyl groups is 1. The van der Waals surface area contributed by atoms with Crippen molar-refractivity contribution in [1.29, 1.82) is 0 Å². The molecule has 0 saturated carbocycles. The van der Waals surface area contributed by atoms with Crippen molar-refractivity contribution < 1.29 is 18.8 Å². The van der Waals surface area contributed by atoms with Gasteiger partial charge in [0, 0.05) is 37.2 Å². The largest absolute Gasteiger partial charge is 0.392 e. The predicted octanol–water partition coefficient (Wildman–Crippen LogP) is 2.74. The molecule has 2 fully saturated rings. The van der Waals surface area contributed by atoms with Crippen LogP contribution in [0.1, 0.15) is 42.6 Å². The second-order valence-electron chi connectivity index (χ2n) is 6.91.